The third-order valence-electron chi connectivity index (χ3n) is 7.48. The zero-order valence-corrected chi connectivity index (χ0v) is 16.6. The number of carbonyl (C=O) groups excluding carboxylic acids is 1. The van der Waals surface area contributed by atoms with Crippen LogP contribution in [-0.2, 0) is 11.8 Å². The van der Waals surface area contributed by atoms with Crippen LogP contribution in [0.3, 0.4) is 0 Å². The van der Waals surface area contributed by atoms with Gasteiger partial charge in [-0.05, 0) is 55.2 Å². The van der Waals surface area contributed by atoms with Crippen molar-refractivity contribution in [2.45, 2.75) is 64.3 Å². The van der Waals surface area contributed by atoms with Crippen LogP contribution in [-0.4, -0.2) is 46.5 Å². The van der Waals surface area contributed by atoms with E-state index in [9.17, 15) is 4.79 Å². The number of amides is 2. The quantitative estimate of drug-likeness (QED) is 0.699. The van der Waals surface area contributed by atoms with Gasteiger partial charge in [0.15, 0.2) is 11.5 Å². The maximum atomic E-state index is 13.3. The van der Waals surface area contributed by atoms with E-state index in [-0.39, 0.29) is 17.5 Å². The maximum Gasteiger partial charge on any atom is 0.320 e. The standard InChI is InChI=1S/C22H29N3O2/c1-14-17-13-16-7-8-18-20(23-15(2)27-18)19(16)22(14,3)9-12-25(17)21(26)24-10-5-4-6-11-24/h7-8,14,17H,4-6,9-13H2,1-3H3/t14-,17-,22-/m1/s1. The van der Waals surface area contributed by atoms with Crippen LogP contribution in [0.4, 0.5) is 4.79 Å². The number of urea groups is 1. The van der Waals surface area contributed by atoms with Gasteiger partial charge in [0.2, 0.25) is 0 Å². The van der Waals surface area contributed by atoms with Crippen LogP contribution in [0.1, 0.15) is 56.5 Å². The fourth-order valence-corrected chi connectivity index (χ4v) is 5.76. The van der Waals surface area contributed by atoms with Crippen LogP contribution in [0.15, 0.2) is 16.5 Å². The third kappa shape index (κ3) is 2.43. The van der Waals surface area contributed by atoms with E-state index >= 15 is 0 Å². The van der Waals surface area contributed by atoms with E-state index in [4.69, 9.17) is 9.40 Å². The molecule has 0 radical (unpaired) electrons. The minimum absolute atomic E-state index is 0.0414. The molecule has 0 unspecified atom stereocenters. The lowest BCUT2D eigenvalue weighted by molar-refractivity contribution is 0.0391. The number of piperidine rings is 2. The Balaban J connectivity index is 1.54. The molecule has 5 heteroatoms. The van der Waals surface area contributed by atoms with Crippen molar-refractivity contribution in [2.75, 3.05) is 19.6 Å². The molecular weight excluding hydrogens is 338 g/mol. The molecule has 2 aliphatic heterocycles. The molecule has 0 N–H and O–H groups in total. The molecular formula is C22H29N3O2. The number of carbonyl (C=O) groups is 1. The van der Waals surface area contributed by atoms with Crippen molar-refractivity contribution in [1.82, 2.24) is 14.8 Å². The smallest absolute Gasteiger partial charge is 0.320 e. The zero-order valence-electron chi connectivity index (χ0n) is 16.6. The molecule has 1 aromatic heterocycles. The fourth-order valence-electron chi connectivity index (χ4n) is 5.76. The number of likely N-dealkylation sites (tertiary alicyclic amines) is 2. The highest BCUT2D eigenvalue weighted by molar-refractivity contribution is 5.81. The highest BCUT2D eigenvalue weighted by atomic mass is 16.3. The molecule has 2 aromatic rings. The van der Waals surface area contributed by atoms with Crippen molar-refractivity contribution in [3.63, 3.8) is 0 Å². The Kier molecular flexibility index (Phi) is 3.78. The summed E-state index contributed by atoms with van der Waals surface area (Å²) in [7, 11) is 0. The Morgan fingerprint density at radius 1 is 1.22 bits per heavy atom. The summed E-state index contributed by atoms with van der Waals surface area (Å²) in [5.41, 5.74) is 4.68. The summed E-state index contributed by atoms with van der Waals surface area (Å²) in [6.07, 6.45) is 5.45. The number of fused-ring (bicyclic) bond motifs is 6. The fraction of sp³-hybridized carbons (Fsp3) is 0.636. The summed E-state index contributed by atoms with van der Waals surface area (Å²) >= 11 is 0. The number of benzene rings is 1. The Morgan fingerprint density at radius 3 is 2.78 bits per heavy atom. The number of rotatable bonds is 0. The number of aryl methyl sites for hydroxylation is 1. The molecule has 2 bridgehead atoms. The van der Waals surface area contributed by atoms with E-state index in [2.05, 4.69) is 35.8 Å². The first-order valence-corrected chi connectivity index (χ1v) is 10.4. The van der Waals surface area contributed by atoms with Crippen LogP contribution < -0.4 is 0 Å². The van der Waals surface area contributed by atoms with Gasteiger partial charge < -0.3 is 14.2 Å². The van der Waals surface area contributed by atoms with Crippen LogP contribution in [0.25, 0.3) is 11.1 Å². The van der Waals surface area contributed by atoms with Crippen molar-refractivity contribution in [3.05, 3.63) is 29.2 Å². The summed E-state index contributed by atoms with van der Waals surface area (Å²) in [6, 6.07) is 4.79. The molecule has 1 aromatic carbocycles. The van der Waals surface area contributed by atoms with Crippen LogP contribution in [0.5, 0.6) is 0 Å². The van der Waals surface area contributed by atoms with E-state index in [0.717, 1.165) is 62.3 Å². The van der Waals surface area contributed by atoms with Crippen molar-refractivity contribution in [1.29, 1.82) is 0 Å². The monoisotopic (exact) mass is 367 g/mol. The van der Waals surface area contributed by atoms with Gasteiger partial charge in [-0.3, -0.25) is 0 Å². The van der Waals surface area contributed by atoms with Gasteiger partial charge in [-0.15, -0.1) is 0 Å². The second kappa shape index (κ2) is 5.98. The Labute approximate surface area is 160 Å². The number of hydrogen-bond acceptors (Lipinski definition) is 3. The molecule has 5 rings (SSSR count). The van der Waals surface area contributed by atoms with E-state index < -0.39 is 0 Å². The summed E-state index contributed by atoms with van der Waals surface area (Å²) in [5.74, 6) is 1.14. The van der Waals surface area contributed by atoms with Crippen LogP contribution in [0, 0.1) is 12.8 Å². The van der Waals surface area contributed by atoms with Crippen molar-refractivity contribution >= 4 is 17.1 Å². The topological polar surface area (TPSA) is 49.6 Å². The first kappa shape index (κ1) is 17.1. The van der Waals surface area contributed by atoms with Gasteiger partial charge >= 0.3 is 6.03 Å². The molecule has 144 valence electrons. The van der Waals surface area contributed by atoms with Gasteiger partial charge in [0, 0.05) is 38.0 Å². The molecule has 27 heavy (non-hydrogen) atoms. The highest BCUT2D eigenvalue weighted by Gasteiger charge is 2.51. The number of hydrogen-bond donors (Lipinski definition) is 0. The predicted molar refractivity (Wildman–Crippen MR) is 105 cm³/mol. The predicted octanol–water partition coefficient (Wildman–Crippen LogP) is 4.27. The first-order chi connectivity index (χ1) is 13.0. The number of oxazole rings is 1. The van der Waals surface area contributed by atoms with Crippen molar-refractivity contribution in [3.8, 4) is 0 Å². The molecule has 3 aliphatic rings. The highest BCUT2D eigenvalue weighted by Crippen LogP contribution is 2.50. The number of aromatic nitrogens is 1. The summed E-state index contributed by atoms with van der Waals surface area (Å²) in [4.78, 5) is 22.2. The first-order valence-electron chi connectivity index (χ1n) is 10.4. The van der Waals surface area contributed by atoms with Gasteiger partial charge in [-0.2, -0.15) is 0 Å². The minimum atomic E-state index is 0.0414. The van der Waals surface area contributed by atoms with E-state index in [0.29, 0.717) is 5.92 Å². The summed E-state index contributed by atoms with van der Waals surface area (Å²) in [6.45, 7) is 9.30. The van der Waals surface area contributed by atoms with Crippen LogP contribution >= 0.6 is 0 Å². The SMILES string of the molecule is Cc1nc2c3c(ccc2o1)C[C@@H]1[C@@H](C)[C@@]3(C)CCN1C(=O)N1CCCCC1. The molecule has 3 heterocycles. The molecule has 1 aliphatic carbocycles. The summed E-state index contributed by atoms with van der Waals surface area (Å²) in [5, 5.41) is 0. The summed E-state index contributed by atoms with van der Waals surface area (Å²) < 4.78 is 5.81. The molecule has 2 amide bonds. The lowest BCUT2D eigenvalue weighted by Gasteiger charge is -2.55. The largest absolute Gasteiger partial charge is 0.441 e. The Morgan fingerprint density at radius 2 is 2.00 bits per heavy atom. The number of nitrogens with zero attached hydrogens (tertiary/aromatic N) is 3. The molecule has 5 nitrogen and oxygen atoms in total. The molecule has 0 saturated carbocycles. The van der Waals surface area contributed by atoms with E-state index in [1.165, 1.54) is 17.5 Å². The normalized spacial score (nSPS) is 30.5. The average Bonchev–Trinajstić information content (AvgIpc) is 3.04. The molecule has 2 saturated heterocycles. The van der Waals surface area contributed by atoms with E-state index in [1.54, 1.807) is 0 Å². The third-order valence-corrected chi connectivity index (χ3v) is 7.48. The van der Waals surface area contributed by atoms with Gasteiger partial charge in [-0.1, -0.05) is 19.9 Å². The van der Waals surface area contributed by atoms with Crippen LogP contribution in [0.2, 0.25) is 0 Å². The van der Waals surface area contributed by atoms with Gasteiger partial charge in [0.25, 0.3) is 0 Å². The van der Waals surface area contributed by atoms with Gasteiger partial charge in [-0.25, -0.2) is 9.78 Å². The Bertz CT molecular complexity index is 898. The lowest BCUT2D eigenvalue weighted by Crippen LogP contribution is -2.62. The van der Waals surface area contributed by atoms with Crippen molar-refractivity contribution in [2.24, 2.45) is 5.92 Å². The molecule has 3 atom stereocenters. The van der Waals surface area contributed by atoms with E-state index in [1.807, 2.05) is 6.92 Å². The second-order valence-corrected chi connectivity index (χ2v) is 8.93. The second-order valence-electron chi connectivity index (χ2n) is 8.93. The Hall–Kier alpha value is -2.04. The zero-order chi connectivity index (χ0) is 18.8. The molecule has 0 spiro atoms. The molecule has 2 fully saturated rings. The van der Waals surface area contributed by atoms with Crippen molar-refractivity contribution < 1.29 is 9.21 Å². The van der Waals surface area contributed by atoms with Gasteiger partial charge in [0.1, 0.15) is 5.52 Å². The lowest BCUT2D eigenvalue weighted by atomic mass is 9.58. The maximum absolute atomic E-state index is 13.3. The minimum Gasteiger partial charge on any atom is -0.441 e. The van der Waals surface area contributed by atoms with Gasteiger partial charge in [0.05, 0.1) is 0 Å². The average molecular weight is 367 g/mol.